The highest BCUT2D eigenvalue weighted by molar-refractivity contribution is 5.73. The van der Waals surface area contributed by atoms with E-state index in [1.165, 1.54) is 0 Å². The summed E-state index contributed by atoms with van der Waals surface area (Å²) in [6.07, 6.45) is 5.80. The topological polar surface area (TPSA) is 29.5 Å². The Kier molecular flexibility index (Phi) is 7.48. The van der Waals surface area contributed by atoms with Gasteiger partial charge in [-0.2, -0.15) is 0 Å². The average Bonchev–Trinajstić information content (AvgIpc) is 2.45. The van der Waals surface area contributed by atoms with Gasteiger partial charge in [0, 0.05) is 20.0 Å². The lowest BCUT2D eigenvalue weighted by molar-refractivity contribution is -0.129. The maximum atomic E-state index is 11.7. The van der Waals surface area contributed by atoms with Crippen molar-refractivity contribution < 1.29 is 9.53 Å². The van der Waals surface area contributed by atoms with Gasteiger partial charge in [0.2, 0.25) is 5.91 Å². The van der Waals surface area contributed by atoms with Crippen LogP contribution in [0.15, 0.2) is 30.5 Å². The fourth-order valence-electron chi connectivity index (χ4n) is 1.96. The molecule has 1 aromatic carbocycles. The van der Waals surface area contributed by atoms with Gasteiger partial charge in [0.25, 0.3) is 0 Å². The second kappa shape index (κ2) is 9.18. The predicted molar refractivity (Wildman–Crippen MR) is 83.1 cm³/mol. The number of rotatable bonds is 8. The number of hydrogen-bond acceptors (Lipinski definition) is 2. The molecule has 1 rings (SSSR count). The molecule has 0 saturated heterocycles. The third kappa shape index (κ3) is 5.47. The van der Waals surface area contributed by atoms with Gasteiger partial charge in [-0.3, -0.25) is 4.79 Å². The molecule has 0 spiro atoms. The SMILES string of the molecule is CCCCN(Cc1ccccc1/C=C/OCC)C(C)=O. The molecule has 0 atom stereocenters. The highest BCUT2D eigenvalue weighted by atomic mass is 16.5. The van der Waals surface area contributed by atoms with Crippen LogP contribution in [0.2, 0.25) is 0 Å². The first-order valence-electron chi connectivity index (χ1n) is 7.30. The summed E-state index contributed by atoms with van der Waals surface area (Å²) in [6.45, 7) is 7.86. The lowest BCUT2D eigenvalue weighted by Crippen LogP contribution is -2.29. The summed E-state index contributed by atoms with van der Waals surface area (Å²) in [5, 5.41) is 0. The minimum Gasteiger partial charge on any atom is -0.501 e. The summed E-state index contributed by atoms with van der Waals surface area (Å²) in [5.74, 6) is 0.127. The average molecular weight is 275 g/mol. The molecular weight excluding hydrogens is 250 g/mol. The largest absolute Gasteiger partial charge is 0.501 e. The summed E-state index contributed by atoms with van der Waals surface area (Å²) in [7, 11) is 0. The zero-order chi connectivity index (χ0) is 14.8. The van der Waals surface area contributed by atoms with Crippen LogP contribution >= 0.6 is 0 Å². The number of ether oxygens (including phenoxy) is 1. The molecule has 0 aromatic heterocycles. The van der Waals surface area contributed by atoms with Gasteiger partial charge in [-0.25, -0.2) is 0 Å². The Hall–Kier alpha value is -1.77. The van der Waals surface area contributed by atoms with E-state index in [0.29, 0.717) is 13.2 Å². The number of benzene rings is 1. The van der Waals surface area contributed by atoms with E-state index >= 15 is 0 Å². The van der Waals surface area contributed by atoms with Crippen LogP contribution in [-0.4, -0.2) is 24.0 Å². The van der Waals surface area contributed by atoms with Crippen molar-refractivity contribution in [1.29, 1.82) is 0 Å². The van der Waals surface area contributed by atoms with Gasteiger partial charge in [-0.15, -0.1) is 0 Å². The predicted octanol–water partition coefficient (Wildman–Crippen LogP) is 3.84. The molecule has 0 bridgehead atoms. The van der Waals surface area contributed by atoms with Crippen LogP contribution in [0.4, 0.5) is 0 Å². The summed E-state index contributed by atoms with van der Waals surface area (Å²) in [5.41, 5.74) is 2.25. The first kappa shape index (κ1) is 16.3. The molecule has 3 heteroatoms. The molecule has 20 heavy (non-hydrogen) atoms. The smallest absolute Gasteiger partial charge is 0.219 e. The lowest BCUT2D eigenvalue weighted by atomic mass is 10.1. The van der Waals surface area contributed by atoms with E-state index in [1.807, 2.05) is 36.1 Å². The summed E-state index contributed by atoms with van der Waals surface area (Å²) in [6, 6.07) is 8.11. The molecule has 3 nitrogen and oxygen atoms in total. The minimum absolute atomic E-state index is 0.127. The highest BCUT2D eigenvalue weighted by Crippen LogP contribution is 2.14. The van der Waals surface area contributed by atoms with E-state index in [2.05, 4.69) is 13.0 Å². The van der Waals surface area contributed by atoms with Gasteiger partial charge in [-0.1, -0.05) is 37.6 Å². The monoisotopic (exact) mass is 275 g/mol. The molecule has 1 amide bonds. The number of hydrogen-bond donors (Lipinski definition) is 0. The van der Waals surface area contributed by atoms with Gasteiger partial charge < -0.3 is 9.64 Å². The van der Waals surface area contributed by atoms with Crippen LogP contribution in [0.1, 0.15) is 44.7 Å². The van der Waals surface area contributed by atoms with Gasteiger partial charge in [0.1, 0.15) is 0 Å². The summed E-state index contributed by atoms with van der Waals surface area (Å²) < 4.78 is 5.25. The molecule has 0 radical (unpaired) electrons. The van der Waals surface area contributed by atoms with Gasteiger partial charge >= 0.3 is 0 Å². The number of carbonyl (C=O) groups excluding carboxylic acids is 1. The number of nitrogens with zero attached hydrogens (tertiary/aromatic N) is 1. The first-order chi connectivity index (χ1) is 9.69. The molecular formula is C17H25NO2. The van der Waals surface area contributed by atoms with Crippen LogP contribution in [0.5, 0.6) is 0 Å². The number of carbonyl (C=O) groups is 1. The Morgan fingerprint density at radius 2 is 2.05 bits per heavy atom. The number of unbranched alkanes of at least 4 members (excludes halogenated alkanes) is 1. The Labute approximate surface area is 122 Å². The van der Waals surface area contributed by atoms with Crippen molar-refractivity contribution in [3.05, 3.63) is 41.7 Å². The zero-order valence-electron chi connectivity index (χ0n) is 12.8. The normalized spacial score (nSPS) is 10.8. The Balaban J connectivity index is 2.80. The lowest BCUT2D eigenvalue weighted by Gasteiger charge is -2.22. The highest BCUT2D eigenvalue weighted by Gasteiger charge is 2.10. The van der Waals surface area contributed by atoms with Crippen LogP contribution in [0.3, 0.4) is 0 Å². The van der Waals surface area contributed by atoms with Gasteiger partial charge in [0.15, 0.2) is 0 Å². The Morgan fingerprint density at radius 1 is 1.30 bits per heavy atom. The molecule has 0 heterocycles. The third-order valence-electron chi connectivity index (χ3n) is 3.15. The van der Waals surface area contributed by atoms with Gasteiger partial charge in [-0.05, 0) is 30.5 Å². The molecule has 0 aliphatic carbocycles. The van der Waals surface area contributed by atoms with Crippen LogP contribution in [0, 0.1) is 0 Å². The van der Waals surface area contributed by atoms with Crippen molar-refractivity contribution in [1.82, 2.24) is 4.90 Å². The molecule has 0 fully saturated rings. The van der Waals surface area contributed by atoms with E-state index < -0.39 is 0 Å². The van der Waals surface area contributed by atoms with E-state index in [-0.39, 0.29) is 5.91 Å². The summed E-state index contributed by atoms with van der Waals surface area (Å²) >= 11 is 0. The quantitative estimate of drug-likeness (QED) is 0.675. The van der Waals surface area contributed by atoms with Crippen molar-refractivity contribution in [3.63, 3.8) is 0 Å². The van der Waals surface area contributed by atoms with E-state index in [9.17, 15) is 4.79 Å². The second-order valence-electron chi connectivity index (χ2n) is 4.75. The zero-order valence-corrected chi connectivity index (χ0v) is 12.8. The van der Waals surface area contributed by atoms with Crippen LogP contribution in [0.25, 0.3) is 6.08 Å². The van der Waals surface area contributed by atoms with Crippen molar-refractivity contribution >= 4 is 12.0 Å². The minimum atomic E-state index is 0.127. The van der Waals surface area contributed by atoms with Crippen molar-refractivity contribution in [2.75, 3.05) is 13.2 Å². The molecule has 1 aromatic rings. The van der Waals surface area contributed by atoms with E-state index in [0.717, 1.165) is 30.5 Å². The second-order valence-corrected chi connectivity index (χ2v) is 4.75. The third-order valence-corrected chi connectivity index (χ3v) is 3.15. The fraction of sp³-hybridized carbons (Fsp3) is 0.471. The first-order valence-corrected chi connectivity index (χ1v) is 7.30. The van der Waals surface area contributed by atoms with Crippen molar-refractivity contribution in [2.24, 2.45) is 0 Å². The fourth-order valence-corrected chi connectivity index (χ4v) is 1.96. The Morgan fingerprint density at radius 3 is 2.70 bits per heavy atom. The Bertz CT molecular complexity index is 440. The number of amides is 1. The van der Waals surface area contributed by atoms with Crippen LogP contribution < -0.4 is 0 Å². The standard InChI is InChI=1S/C17H25NO2/c1-4-6-12-18(15(3)19)14-17-10-8-7-9-16(17)11-13-20-5-2/h7-11,13H,4-6,12,14H2,1-3H3/b13-11+. The molecule has 0 unspecified atom stereocenters. The van der Waals surface area contributed by atoms with Crippen molar-refractivity contribution in [3.8, 4) is 0 Å². The molecule has 0 aliphatic heterocycles. The maximum absolute atomic E-state index is 11.7. The maximum Gasteiger partial charge on any atom is 0.219 e. The van der Waals surface area contributed by atoms with E-state index in [4.69, 9.17) is 4.74 Å². The van der Waals surface area contributed by atoms with Crippen molar-refractivity contribution in [2.45, 2.75) is 40.2 Å². The molecule has 0 aliphatic rings. The molecule has 110 valence electrons. The van der Waals surface area contributed by atoms with E-state index in [1.54, 1.807) is 13.2 Å². The molecule has 0 N–H and O–H groups in total. The van der Waals surface area contributed by atoms with Crippen LogP contribution in [-0.2, 0) is 16.1 Å². The van der Waals surface area contributed by atoms with Gasteiger partial charge in [0.05, 0.1) is 12.9 Å². The molecule has 0 saturated carbocycles. The summed E-state index contributed by atoms with van der Waals surface area (Å²) in [4.78, 5) is 13.6.